The van der Waals surface area contributed by atoms with Gasteiger partial charge in [0.25, 0.3) is 6.79 Å². The third-order valence-electron chi connectivity index (χ3n) is 0.324. The van der Waals surface area contributed by atoms with Gasteiger partial charge in [0, 0.05) is 6.92 Å². The second kappa shape index (κ2) is 3.92. The van der Waals surface area contributed by atoms with Crippen LogP contribution < -0.4 is 0 Å². The van der Waals surface area contributed by atoms with Crippen LogP contribution in [-0.4, -0.2) is 23.2 Å². The summed E-state index contributed by atoms with van der Waals surface area (Å²) >= 11 is 0. The highest BCUT2D eigenvalue weighted by Crippen LogP contribution is 1.54. The molecule has 0 spiro atoms. The Morgan fingerprint density at radius 1 is 1.80 bits per heavy atom. The van der Waals surface area contributed by atoms with Crippen molar-refractivity contribution in [1.82, 2.24) is 0 Å². The van der Waals surface area contributed by atoms with Crippen LogP contribution in [0.15, 0.2) is 0 Å². The fourth-order valence-electron chi connectivity index (χ4n) is 0.1000. The monoisotopic (exact) mass is 77.1 g/mol. The van der Waals surface area contributed by atoms with E-state index in [1.807, 2.05) is 6.92 Å². The van der Waals surface area contributed by atoms with Crippen LogP contribution in [0.1, 0.15) is 6.92 Å². The van der Waals surface area contributed by atoms with Gasteiger partial charge in [-0.15, -0.1) is 0 Å². The van der Waals surface area contributed by atoms with Crippen LogP contribution in [0.4, 0.5) is 0 Å². The zero-order chi connectivity index (χ0) is 4.12. The molecule has 0 aromatic rings. The molecule has 0 radical (unpaired) electrons. The molecule has 5 heavy (non-hydrogen) atoms. The molecule has 0 aliphatic rings. The number of aliphatic hydroxyl groups is 3. The Hall–Kier alpha value is -0.0800. The first-order valence-electron chi connectivity index (χ1n) is 1.66. The van der Waals surface area contributed by atoms with E-state index in [1.165, 1.54) is 0 Å². The zero-order valence-electron chi connectivity index (χ0n) is 3.31. The lowest BCUT2D eigenvalue weighted by Gasteiger charge is -1.82. The van der Waals surface area contributed by atoms with Gasteiger partial charge < -0.3 is 9.84 Å². The summed E-state index contributed by atoms with van der Waals surface area (Å²) in [6, 6.07) is 0. The van der Waals surface area contributed by atoms with Gasteiger partial charge in [-0.2, -0.15) is 0 Å². The minimum Gasteiger partial charge on any atom is -0.412 e. The first-order chi connectivity index (χ1) is 2.41. The van der Waals surface area contributed by atoms with Crippen LogP contribution in [0.3, 0.4) is 0 Å². The zero-order valence-corrected chi connectivity index (χ0v) is 3.31. The number of hydrogen-bond donors (Lipinski definition) is 1. The smallest absolute Gasteiger partial charge is 0.252 e. The molecule has 0 fully saturated rings. The molecule has 0 aliphatic carbocycles. The molecule has 0 bridgehead atoms. The average Bonchev–Trinajstić information content (AvgIpc) is 1.41. The summed E-state index contributed by atoms with van der Waals surface area (Å²) in [4.78, 5) is 0. The molecule has 0 aromatic heterocycles. The largest absolute Gasteiger partial charge is 0.412 e. The third kappa shape index (κ3) is 3.92. The van der Waals surface area contributed by atoms with Crippen molar-refractivity contribution in [2.75, 3.05) is 13.4 Å². The van der Waals surface area contributed by atoms with Gasteiger partial charge in [-0.1, -0.05) is 0 Å². The fraction of sp³-hybridized carbons (Fsp3) is 1.00. The summed E-state index contributed by atoms with van der Waals surface area (Å²) in [5, 5.41) is 7.90. The summed E-state index contributed by atoms with van der Waals surface area (Å²) in [6.45, 7) is 2.57. The Kier molecular flexibility index (Phi) is 3.86. The highest BCUT2D eigenvalue weighted by Gasteiger charge is 1.69. The van der Waals surface area contributed by atoms with Crippen LogP contribution in [0.2, 0.25) is 0 Å². The molecule has 0 saturated carbocycles. The van der Waals surface area contributed by atoms with Gasteiger partial charge in [0.2, 0.25) is 0 Å². The van der Waals surface area contributed by atoms with E-state index in [-0.39, 0.29) is 6.79 Å². The first kappa shape index (κ1) is 4.92. The normalized spacial score (nSPS) is 8.40. The maximum absolute atomic E-state index is 7.90. The highest BCUT2D eigenvalue weighted by atomic mass is 16.6. The molecule has 32 valence electrons. The van der Waals surface area contributed by atoms with E-state index in [4.69, 9.17) is 5.11 Å². The van der Waals surface area contributed by atoms with Gasteiger partial charge in [0.05, 0.1) is 0 Å². The summed E-state index contributed by atoms with van der Waals surface area (Å²) in [7, 11) is 0. The minimum absolute atomic E-state index is 0.0312. The maximum atomic E-state index is 7.90. The number of aliphatic hydroxyl groups excluding tert-OH is 1. The molecule has 2 N–H and O–H groups in total. The number of hydrogen-bond acceptors (Lipinski definition) is 1. The first-order valence-corrected chi connectivity index (χ1v) is 1.66. The van der Waals surface area contributed by atoms with Crippen LogP contribution in [-0.2, 0) is 0 Å². The SMILES string of the molecule is CC[OH+]CO. The van der Waals surface area contributed by atoms with Crippen molar-refractivity contribution in [2.45, 2.75) is 6.92 Å². The van der Waals surface area contributed by atoms with Crippen LogP contribution in [0, 0.1) is 0 Å². The molecule has 0 rings (SSSR count). The van der Waals surface area contributed by atoms with Gasteiger partial charge in [-0.3, -0.25) is 0 Å². The fourth-order valence-corrected chi connectivity index (χ4v) is 0.1000. The van der Waals surface area contributed by atoms with Crippen molar-refractivity contribution in [3.63, 3.8) is 0 Å². The lowest BCUT2D eigenvalue weighted by molar-refractivity contribution is -0.124. The van der Waals surface area contributed by atoms with E-state index in [9.17, 15) is 0 Å². The van der Waals surface area contributed by atoms with Crippen molar-refractivity contribution in [1.29, 1.82) is 0 Å². The molecular weight excluding hydrogens is 68.0 g/mol. The minimum atomic E-state index is -0.0312. The average molecular weight is 77.1 g/mol. The molecule has 0 aliphatic heterocycles. The topological polar surface area (TPSA) is 33.0 Å². The van der Waals surface area contributed by atoms with E-state index in [0.717, 1.165) is 6.61 Å². The van der Waals surface area contributed by atoms with Gasteiger partial charge >= 0.3 is 0 Å². The number of rotatable bonds is 2. The molecule has 0 amide bonds. The Morgan fingerprint density at radius 2 is 2.40 bits per heavy atom. The molecule has 0 saturated heterocycles. The van der Waals surface area contributed by atoms with Gasteiger partial charge in [0.15, 0.2) is 0 Å². The molecule has 2 nitrogen and oxygen atoms in total. The quantitative estimate of drug-likeness (QED) is 0.349. The van der Waals surface area contributed by atoms with E-state index in [1.54, 1.807) is 0 Å². The molecule has 0 unspecified atom stereocenters. The highest BCUT2D eigenvalue weighted by molar-refractivity contribution is 3.95. The summed E-state index contributed by atoms with van der Waals surface area (Å²) in [5.74, 6) is 0. The predicted molar refractivity (Wildman–Crippen MR) is 19.8 cm³/mol. The van der Waals surface area contributed by atoms with Crippen LogP contribution in [0.25, 0.3) is 0 Å². The van der Waals surface area contributed by atoms with Crippen molar-refractivity contribution in [3.05, 3.63) is 0 Å². The Bertz CT molecular complexity index is 12.4. The predicted octanol–water partition coefficient (Wildman–Crippen LogP) is -0.516. The Morgan fingerprint density at radius 3 is 2.40 bits per heavy atom. The Balaban J connectivity index is 2.19. The third-order valence-corrected chi connectivity index (χ3v) is 0.324. The maximum Gasteiger partial charge on any atom is 0.252 e. The van der Waals surface area contributed by atoms with Crippen LogP contribution >= 0.6 is 0 Å². The van der Waals surface area contributed by atoms with Crippen molar-refractivity contribution >= 4 is 0 Å². The van der Waals surface area contributed by atoms with E-state index < -0.39 is 0 Å². The second-order valence-corrected chi connectivity index (χ2v) is 0.681. The van der Waals surface area contributed by atoms with E-state index in [0.29, 0.717) is 0 Å². The molecule has 0 aromatic carbocycles. The second-order valence-electron chi connectivity index (χ2n) is 0.681. The van der Waals surface area contributed by atoms with Crippen molar-refractivity contribution < 1.29 is 9.84 Å². The lowest BCUT2D eigenvalue weighted by atomic mass is 10.9. The molecule has 2 heteroatoms. The summed E-state index contributed by atoms with van der Waals surface area (Å²) < 4.78 is 3.53. The van der Waals surface area contributed by atoms with Gasteiger partial charge in [-0.25, -0.2) is 0 Å². The van der Waals surface area contributed by atoms with Gasteiger partial charge in [0.1, 0.15) is 6.61 Å². The number of ether oxygens (including phenoxy) is 1. The Labute approximate surface area is 31.4 Å². The van der Waals surface area contributed by atoms with Crippen LogP contribution in [0.5, 0.6) is 0 Å². The van der Waals surface area contributed by atoms with E-state index in [2.05, 4.69) is 4.74 Å². The standard InChI is InChI=1S/C3H8O2/c1-2-5-3-4/h4H,2-3H2,1H3/p+1. The van der Waals surface area contributed by atoms with Crippen molar-refractivity contribution in [3.8, 4) is 0 Å². The summed E-state index contributed by atoms with van der Waals surface area (Å²) in [6.07, 6.45) is 0. The molecule has 0 atom stereocenters. The molecular formula is C3H9O2+. The lowest BCUT2D eigenvalue weighted by Crippen LogP contribution is -1.95. The van der Waals surface area contributed by atoms with E-state index >= 15 is 0 Å². The molecule has 0 heterocycles. The van der Waals surface area contributed by atoms with Crippen molar-refractivity contribution in [2.24, 2.45) is 0 Å². The summed E-state index contributed by atoms with van der Waals surface area (Å²) in [5.41, 5.74) is 0. The van der Waals surface area contributed by atoms with Gasteiger partial charge in [-0.05, 0) is 0 Å².